The Kier molecular flexibility index (Phi) is 8.57. The highest BCUT2D eigenvalue weighted by Gasteiger charge is 2.43. The molecule has 1 heterocycles. The Balaban J connectivity index is 1.50. The summed E-state index contributed by atoms with van der Waals surface area (Å²) < 4.78 is 11.7. The lowest BCUT2D eigenvalue weighted by Gasteiger charge is -2.21. The number of aliphatic hydroxyl groups is 2. The third kappa shape index (κ3) is 6.45. The maximum absolute atomic E-state index is 10.7. The highest BCUT2D eigenvalue weighted by Crippen LogP contribution is 2.42. The van der Waals surface area contributed by atoms with Crippen molar-refractivity contribution in [1.82, 2.24) is 0 Å². The van der Waals surface area contributed by atoms with Gasteiger partial charge in [0.25, 0.3) is 0 Å². The largest absolute Gasteiger partial charge is 0.489 e. The zero-order valence-corrected chi connectivity index (χ0v) is 17.8. The monoisotopic (exact) mass is 438 g/mol. The standard InChI is InChI=1S/C23H31ClO6/c24-19-5-1-2-6-21(19)30-14-16(25)9-11-17-18-10-8-15(4-3-7-23(27)28)13-29-22(18)12-20(17)26/h1-2,5-6,9,11,15-18,20,22,25-26H,3-4,7-8,10,12-14H2,(H,27,28)/b11-9+/t15-,16+,17+,18+,20+,22-/m0/s1. The van der Waals surface area contributed by atoms with Crippen LogP contribution in [0.25, 0.3) is 0 Å². The van der Waals surface area contributed by atoms with Crippen LogP contribution in [-0.4, -0.2) is 52.8 Å². The van der Waals surface area contributed by atoms with Gasteiger partial charge in [0.05, 0.1) is 17.2 Å². The van der Waals surface area contributed by atoms with Crippen LogP contribution in [0.5, 0.6) is 5.75 Å². The Morgan fingerprint density at radius 2 is 2.13 bits per heavy atom. The molecule has 0 spiro atoms. The second-order valence-electron chi connectivity index (χ2n) is 8.34. The minimum atomic E-state index is -0.803. The normalized spacial score (nSPS) is 30.0. The quantitative estimate of drug-likeness (QED) is 0.509. The van der Waals surface area contributed by atoms with Crippen LogP contribution in [0.1, 0.15) is 38.5 Å². The van der Waals surface area contributed by atoms with Crippen LogP contribution < -0.4 is 4.74 Å². The van der Waals surface area contributed by atoms with E-state index in [1.54, 1.807) is 18.2 Å². The van der Waals surface area contributed by atoms with E-state index < -0.39 is 18.2 Å². The zero-order chi connectivity index (χ0) is 21.5. The van der Waals surface area contributed by atoms with Gasteiger partial charge in [-0.1, -0.05) is 35.9 Å². The van der Waals surface area contributed by atoms with Crippen LogP contribution in [0.2, 0.25) is 5.02 Å². The predicted molar refractivity (Wildman–Crippen MR) is 114 cm³/mol. The number of carboxylic acids is 1. The molecule has 1 aliphatic carbocycles. The van der Waals surface area contributed by atoms with Gasteiger partial charge in [-0.05, 0) is 49.7 Å². The first-order chi connectivity index (χ1) is 14.4. The number of carboxylic acid groups (broad SMARTS) is 1. The number of fused-ring (bicyclic) bond motifs is 1. The lowest BCUT2D eigenvalue weighted by Crippen LogP contribution is -2.22. The summed E-state index contributed by atoms with van der Waals surface area (Å²) in [6.45, 7) is 0.706. The van der Waals surface area contributed by atoms with Gasteiger partial charge >= 0.3 is 5.97 Å². The third-order valence-corrected chi connectivity index (χ3v) is 6.46. The van der Waals surface area contributed by atoms with Gasteiger partial charge in [0.1, 0.15) is 18.5 Å². The van der Waals surface area contributed by atoms with Crippen LogP contribution in [0, 0.1) is 17.8 Å². The number of aliphatic hydroxyl groups excluding tert-OH is 2. The van der Waals surface area contributed by atoms with Crippen LogP contribution in [0.4, 0.5) is 0 Å². The number of aliphatic carboxylic acids is 1. The molecule has 3 rings (SSSR count). The summed E-state index contributed by atoms with van der Waals surface area (Å²) >= 11 is 6.06. The van der Waals surface area contributed by atoms with E-state index in [0.717, 1.165) is 19.3 Å². The first-order valence-corrected chi connectivity index (χ1v) is 11.1. The molecule has 6 atom stereocenters. The molecule has 166 valence electrons. The minimum absolute atomic E-state index is 0.00985. The molecular weight excluding hydrogens is 408 g/mol. The third-order valence-electron chi connectivity index (χ3n) is 6.15. The van der Waals surface area contributed by atoms with E-state index in [0.29, 0.717) is 36.1 Å². The Morgan fingerprint density at radius 1 is 1.33 bits per heavy atom. The fourth-order valence-corrected chi connectivity index (χ4v) is 4.72. The number of halogens is 1. The second kappa shape index (κ2) is 11.1. The molecule has 0 aromatic heterocycles. The molecule has 0 unspecified atom stereocenters. The van der Waals surface area contributed by atoms with E-state index >= 15 is 0 Å². The molecule has 1 saturated carbocycles. The fourth-order valence-electron chi connectivity index (χ4n) is 4.53. The van der Waals surface area contributed by atoms with E-state index in [2.05, 4.69) is 0 Å². The Labute approximate surface area is 182 Å². The lowest BCUT2D eigenvalue weighted by atomic mass is 9.86. The van der Waals surface area contributed by atoms with Crippen LogP contribution in [-0.2, 0) is 9.53 Å². The molecule has 30 heavy (non-hydrogen) atoms. The van der Waals surface area contributed by atoms with Crippen LogP contribution in [0.3, 0.4) is 0 Å². The first kappa shape index (κ1) is 23.1. The van der Waals surface area contributed by atoms with E-state index in [-0.39, 0.29) is 31.0 Å². The zero-order valence-electron chi connectivity index (χ0n) is 17.0. The SMILES string of the molecule is O=C(O)CCC[C@H]1CC[C@@H]2[C@@H](/C=C/[C@@H](O)COc3ccccc3Cl)[C@H](O)C[C@@H]2OC1. The molecule has 7 heteroatoms. The van der Waals surface area contributed by atoms with Gasteiger partial charge in [-0.3, -0.25) is 4.79 Å². The van der Waals surface area contributed by atoms with Crippen LogP contribution >= 0.6 is 11.6 Å². The van der Waals surface area contributed by atoms with Crippen molar-refractivity contribution in [2.24, 2.45) is 17.8 Å². The van der Waals surface area contributed by atoms with Crippen molar-refractivity contribution in [3.8, 4) is 5.75 Å². The van der Waals surface area contributed by atoms with Gasteiger partial charge in [0.2, 0.25) is 0 Å². The molecule has 2 aliphatic rings. The Morgan fingerprint density at radius 3 is 2.90 bits per heavy atom. The molecule has 2 fully saturated rings. The summed E-state index contributed by atoms with van der Waals surface area (Å²) in [4.78, 5) is 10.7. The molecule has 1 aliphatic heterocycles. The van der Waals surface area contributed by atoms with Gasteiger partial charge in [-0.15, -0.1) is 0 Å². The molecule has 0 radical (unpaired) electrons. The number of para-hydroxylation sites is 1. The average Bonchev–Trinajstić information content (AvgIpc) is 2.87. The molecule has 1 saturated heterocycles. The summed E-state index contributed by atoms with van der Waals surface area (Å²) in [5, 5.41) is 30.1. The summed E-state index contributed by atoms with van der Waals surface area (Å²) in [7, 11) is 0. The Bertz CT molecular complexity index is 723. The average molecular weight is 439 g/mol. The molecule has 3 N–H and O–H groups in total. The van der Waals surface area contributed by atoms with Crippen molar-refractivity contribution in [1.29, 1.82) is 0 Å². The highest BCUT2D eigenvalue weighted by atomic mass is 35.5. The van der Waals surface area contributed by atoms with E-state index in [1.165, 1.54) is 0 Å². The number of hydrogen-bond donors (Lipinski definition) is 3. The van der Waals surface area contributed by atoms with Gasteiger partial charge < -0.3 is 24.8 Å². The van der Waals surface area contributed by atoms with Crippen molar-refractivity contribution in [3.63, 3.8) is 0 Å². The van der Waals surface area contributed by atoms with Gasteiger partial charge in [-0.25, -0.2) is 0 Å². The van der Waals surface area contributed by atoms with Crippen molar-refractivity contribution < 1.29 is 29.6 Å². The first-order valence-electron chi connectivity index (χ1n) is 10.7. The van der Waals surface area contributed by atoms with Crippen molar-refractivity contribution in [3.05, 3.63) is 41.4 Å². The minimum Gasteiger partial charge on any atom is -0.489 e. The summed E-state index contributed by atoms with van der Waals surface area (Å²) in [6, 6.07) is 7.11. The number of hydrogen-bond acceptors (Lipinski definition) is 5. The van der Waals surface area contributed by atoms with E-state index in [4.69, 9.17) is 26.2 Å². The Hall–Kier alpha value is -1.60. The van der Waals surface area contributed by atoms with E-state index in [9.17, 15) is 15.0 Å². The molecule has 0 bridgehead atoms. The number of rotatable bonds is 9. The summed E-state index contributed by atoms with van der Waals surface area (Å²) in [6.07, 6.45) is 6.50. The maximum atomic E-state index is 10.7. The van der Waals surface area contributed by atoms with Crippen molar-refractivity contribution in [2.45, 2.75) is 56.8 Å². The van der Waals surface area contributed by atoms with E-state index in [1.807, 2.05) is 18.2 Å². The molecule has 0 amide bonds. The summed E-state index contributed by atoms with van der Waals surface area (Å²) in [5.41, 5.74) is 0. The van der Waals surface area contributed by atoms with Gasteiger partial charge in [-0.2, -0.15) is 0 Å². The highest BCUT2D eigenvalue weighted by molar-refractivity contribution is 6.32. The predicted octanol–water partition coefficient (Wildman–Crippen LogP) is 3.68. The molecule has 1 aromatic carbocycles. The lowest BCUT2D eigenvalue weighted by molar-refractivity contribution is -0.137. The van der Waals surface area contributed by atoms with Crippen molar-refractivity contribution >= 4 is 17.6 Å². The maximum Gasteiger partial charge on any atom is 0.303 e. The van der Waals surface area contributed by atoms with Crippen LogP contribution in [0.15, 0.2) is 36.4 Å². The summed E-state index contributed by atoms with van der Waals surface area (Å²) in [5.74, 6) is 0.275. The molecular formula is C23H31ClO6. The molecule has 6 nitrogen and oxygen atoms in total. The molecule has 1 aromatic rings. The number of benzene rings is 1. The smallest absolute Gasteiger partial charge is 0.303 e. The topological polar surface area (TPSA) is 96.2 Å². The number of ether oxygens (including phenoxy) is 2. The van der Waals surface area contributed by atoms with Crippen molar-refractivity contribution in [2.75, 3.05) is 13.2 Å². The van der Waals surface area contributed by atoms with Gasteiger partial charge in [0, 0.05) is 25.4 Å². The van der Waals surface area contributed by atoms with Gasteiger partial charge in [0.15, 0.2) is 0 Å². The second-order valence-corrected chi connectivity index (χ2v) is 8.75. The fraction of sp³-hybridized carbons (Fsp3) is 0.609. The number of carbonyl (C=O) groups is 1.